The molecule has 1 aliphatic heterocycles. The Morgan fingerprint density at radius 3 is 2.43 bits per heavy atom. The van der Waals surface area contributed by atoms with Gasteiger partial charge in [-0.05, 0) is 72.6 Å². The molecule has 7 nitrogen and oxygen atoms in total. The van der Waals surface area contributed by atoms with Gasteiger partial charge < -0.3 is 20.9 Å². The lowest BCUT2D eigenvalue weighted by atomic mass is 10.0. The average Bonchev–Trinajstić information content (AvgIpc) is 3.14. The molecule has 160 valence electrons. The van der Waals surface area contributed by atoms with E-state index in [1.54, 1.807) is 44.2 Å². The standard InChI is InChI=1S/C21H25BrN4O3S/c1-13-12-14(4-5-15(13)19(28)26-10-8-23-9-11-26)24-20(29)21(2,3)25-18(27)16-6-7-17(22)30-16/h4-7,12,23H,8-11H2,1-3H3,(H,24,29)(H,25,27). The van der Waals surface area contributed by atoms with Crippen LogP contribution < -0.4 is 16.0 Å². The van der Waals surface area contributed by atoms with Crippen LogP contribution in [0, 0.1) is 6.92 Å². The SMILES string of the molecule is Cc1cc(NC(=O)C(C)(C)NC(=O)c2ccc(Br)s2)ccc1C(=O)N1CCNCC1. The zero-order chi connectivity index (χ0) is 21.9. The Labute approximate surface area is 188 Å². The molecular weight excluding hydrogens is 468 g/mol. The van der Waals surface area contributed by atoms with Crippen LogP contribution >= 0.6 is 27.3 Å². The summed E-state index contributed by atoms with van der Waals surface area (Å²) in [5.74, 6) is -0.646. The highest BCUT2D eigenvalue weighted by molar-refractivity contribution is 9.11. The molecular formula is C21H25BrN4O3S. The van der Waals surface area contributed by atoms with Gasteiger partial charge >= 0.3 is 0 Å². The maximum absolute atomic E-state index is 12.8. The van der Waals surface area contributed by atoms with Crippen LogP contribution in [0.25, 0.3) is 0 Å². The normalized spacial score (nSPS) is 14.3. The van der Waals surface area contributed by atoms with Gasteiger partial charge in [0, 0.05) is 37.4 Å². The van der Waals surface area contributed by atoms with Gasteiger partial charge in [-0.1, -0.05) is 0 Å². The number of halogens is 1. The molecule has 1 aromatic carbocycles. The highest BCUT2D eigenvalue weighted by Gasteiger charge is 2.30. The number of benzene rings is 1. The predicted octanol–water partition coefficient (Wildman–Crippen LogP) is 3.01. The predicted molar refractivity (Wildman–Crippen MR) is 122 cm³/mol. The first kappa shape index (κ1) is 22.5. The fourth-order valence-corrected chi connectivity index (χ4v) is 4.43. The number of thiophene rings is 1. The third-order valence-corrected chi connectivity index (χ3v) is 6.53. The first-order valence-electron chi connectivity index (χ1n) is 9.67. The lowest BCUT2D eigenvalue weighted by molar-refractivity contribution is -0.120. The summed E-state index contributed by atoms with van der Waals surface area (Å²) >= 11 is 4.63. The molecule has 1 saturated heterocycles. The average molecular weight is 493 g/mol. The summed E-state index contributed by atoms with van der Waals surface area (Å²) in [6.45, 7) is 8.12. The third kappa shape index (κ3) is 5.27. The molecule has 0 saturated carbocycles. The number of aryl methyl sites for hydroxylation is 1. The molecule has 0 bridgehead atoms. The Morgan fingerprint density at radius 2 is 1.83 bits per heavy atom. The Morgan fingerprint density at radius 1 is 1.13 bits per heavy atom. The molecule has 0 aliphatic carbocycles. The van der Waals surface area contributed by atoms with Gasteiger partial charge in [-0.15, -0.1) is 11.3 Å². The summed E-state index contributed by atoms with van der Waals surface area (Å²) in [7, 11) is 0. The van der Waals surface area contributed by atoms with Crippen molar-refractivity contribution in [1.82, 2.24) is 15.5 Å². The van der Waals surface area contributed by atoms with Crippen LogP contribution in [0.3, 0.4) is 0 Å². The van der Waals surface area contributed by atoms with Crippen molar-refractivity contribution in [2.24, 2.45) is 0 Å². The number of rotatable bonds is 5. The molecule has 3 N–H and O–H groups in total. The van der Waals surface area contributed by atoms with Crippen molar-refractivity contribution in [3.8, 4) is 0 Å². The Hall–Kier alpha value is -2.23. The minimum Gasteiger partial charge on any atom is -0.337 e. The number of hydrogen-bond donors (Lipinski definition) is 3. The third-order valence-electron chi connectivity index (χ3n) is 4.91. The van der Waals surface area contributed by atoms with E-state index in [1.165, 1.54) is 11.3 Å². The van der Waals surface area contributed by atoms with Gasteiger partial charge in [0.1, 0.15) is 5.54 Å². The van der Waals surface area contributed by atoms with E-state index in [0.29, 0.717) is 29.2 Å². The van der Waals surface area contributed by atoms with E-state index < -0.39 is 5.54 Å². The number of anilines is 1. The Kier molecular flexibility index (Phi) is 6.95. The summed E-state index contributed by atoms with van der Waals surface area (Å²) < 4.78 is 0.848. The molecule has 0 atom stereocenters. The highest BCUT2D eigenvalue weighted by Crippen LogP contribution is 2.23. The second kappa shape index (κ2) is 9.28. The molecule has 1 aromatic heterocycles. The number of carbonyl (C=O) groups is 3. The topological polar surface area (TPSA) is 90.5 Å². The Balaban J connectivity index is 1.66. The number of hydrogen-bond acceptors (Lipinski definition) is 5. The molecule has 0 unspecified atom stereocenters. The molecule has 2 heterocycles. The fourth-order valence-electron chi connectivity index (χ4n) is 3.15. The van der Waals surface area contributed by atoms with E-state index in [2.05, 4.69) is 31.9 Å². The quantitative estimate of drug-likeness (QED) is 0.598. The van der Waals surface area contributed by atoms with Crippen LogP contribution in [-0.4, -0.2) is 54.3 Å². The number of carbonyl (C=O) groups excluding carboxylic acids is 3. The largest absolute Gasteiger partial charge is 0.337 e. The maximum Gasteiger partial charge on any atom is 0.262 e. The van der Waals surface area contributed by atoms with E-state index >= 15 is 0 Å². The monoisotopic (exact) mass is 492 g/mol. The van der Waals surface area contributed by atoms with Gasteiger partial charge in [0.2, 0.25) is 5.91 Å². The van der Waals surface area contributed by atoms with E-state index in [4.69, 9.17) is 0 Å². The number of amides is 3. The van der Waals surface area contributed by atoms with Crippen LogP contribution in [0.5, 0.6) is 0 Å². The van der Waals surface area contributed by atoms with Gasteiger partial charge in [0.05, 0.1) is 8.66 Å². The number of nitrogens with one attached hydrogen (secondary N) is 3. The highest BCUT2D eigenvalue weighted by atomic mass is 79.9. The van der Waals surface area contributed by atoms with Crippen molar-refractivity contribution in [1.29, 1.82) is 0 Å². The van der Waals surface area contributed by atoms with Gasteiger partial charge in [-0.25, -0.2) is 0 Å². The second-order valence-electron chi connectivity index (χ2n) is 7.71. The van der Waals surface area contributed by atoms with E-state index in [-0.39, 0.29) is 17.7 Å². The summed E-state index contributed by atoms with van der Waals surface area (Å²) in [5.41, 5.74) is 0.888. The van der Waals surface area contributed by atoms with Crippen molar-refractivity contribution in [3.05, 3.63) is 50.1 Å². The second-order valence-corrected chi connectivity index (χ2v) is 10.2. The van der Waals surface area contributed by atoms with Crippen molar-refractivity contribution >= 4 is 50.7 Å². The van der Waals surface area contributed by atoms with Gasteiger partial charge in [0.15, 0.2) is 0 Å². The molecule has 2 aromatic rings. The van der Waals surface area contributed by atoms with Crippen molar-refractivity contribution in [2.45, 2.75) is 26.3 Å². The lowest BCUT2D eigenvalue weighted by Crippen LogP contribution is -2.52. The number of nitrogens with zero attached hydrogens (tertiary/aromatic N) is 1. The smallest absolute Gasteiger partial charge is 0.262 e. The minimum atomic E-state index is -1.11. The van der Waals surface area contributed by atoms with Crippen molar-refractivity contribution < 1.29 is 14.4 Å². The fraction of sp³-hybridized carbons (Fsp3) is 0.381. The minimum absolute atomic E-state index is 0.00146. The van der Waals surface area contributed by atoms with Crippen LogP contribution in [0.1, 0.15) is 39.4 Å². The molecule has 0 spiro atoms. The molecule has 1 aliphatic rings. The van der Waals surface area contributed by atoms with E-state index in [9.17, 15) is 14.4 Å². The first-order chi connectivity index (χ1) is 14.2. The summed E-state index contributed by atoms with van der Waals surface area (Å²) in [5, 5.41) is 8.83. The lowest BCUT2D eigenvalue weighted by Gasteiger charge is -2.28. The molecule has 9 heteroatoms. The van der Waals surface area contributed by atoms with Gasteiger partial charge in [-0.3, -0.25) is 14.4 Å². The zero-order valence-electron chi connectivity index (χ0n) is 17.2. The van der Waals surface area contributed by atoms with Crippen molar-refractivity contribution in [2.75, 3.05) is 31.5 Å². The molecule has 3 amide bonds. The number of piperazine rings is 1. The summed E-state index contributed by atoms with van der Waals surface area (Å²) in [6, 6.07) is 8.73. The molecule has 3 rings (SSSR count). The summed E-state index contributed by atoms with van der Waals surface area (Å²) in [6.07, 6.45) is 0. The Bertz CT molecular complexity index is 967. The first-order valence-corrected chi connectivity index (χ1v) is 11.3. The van der Waals surface area contributed by atoms with Crippen LogP contribution in [0.4, 0.5) is 5.69 Å². The van der Waals surface area contributed by atoms with E-state index in [1.807, 2.05) is 11.8 Å². The van der Waals surface area contributed by atoms with Gasteiger partial charge in [0.25, 0.3) is 11.8 Å². The van der Waals surface area contributed by atoms with Gasteiger partial charge in [-0.2, -0.15) is 0 Å². The van der Waals surface area contributed by atoms with Crippen LogP contribution in [-0.2, 0) is 4.79 Å². The summed E-state index contributed by atoms with van der Waals surface area (Å²) in [4.78, 5) is 40.3. The zero-order valence-corrected chi connectivity index (χ0v) is 19.6. The van der Waals surface area contributed by atoms with Crippen LogP contribution in [0.15, 0.2) is 34.1 Å². The van der Waals surface area contributed by atoms with Crippen LogP contribution in [0.2, 0.25) is 0 Å². The van der Waals surface area contributed by atoms with Crippen molar-refractivity contribution in [3.63, 3.8) is 0 Å². The maximum atomic E-state index is 12.8. The molecule has 1 fully saturated rings. The molecule has 0 radical (unpaired) electrons. The van der Waals surface area contributed by atoms with E-state index in [0.717, 1.165) is 22.4 Å². The molecule has 30 heavy (non-hydrogen) atoms.